The molecule has 0 aliphatic rings. The summed E-state index contributed by atoms with van der Waals surface area (Å²) in [4.78, 5) is 0. The average molecular weight is 702 g/mol. The molecule has 1 aromatic heterocycles. The molecule has 50 heavy (non-hydrogen) atoms. The predicted molar refractivity (Wildman–Crippen MR) is 196 cm³/mol. The van der Waals surface area contributed by atoms with E-state index in [-0.39, 0.29) is 0 Å². The summed E-state index contributed by atoms with van der Waals surface area (Å²) in [6.07, 6.45) is 14.9. The van der Waals surface area contributed by atoms with Gasteiger partial charge < -0.3 is 4.55 Å². The number of alkyl halides is 3. The number of benzene rings is 4. The van der Waals surface area contributed by atoms with Crippen molar-refractivity contribution in [3.8, 4) is 39.3 Å². The van der Waals surface area contributed by atoms with Crippen LogP contribution in [0.3, 0.4) is 0 Å². The minimum absolute atomic E-state index is 1.16. The molecule has 0 spiro atoms. The van der Waals surface area contributed by atoms with Crippen LogP contribution in [0.4, 0.5) is 13.2 Å². The lowest BCUT2D eigenvalue weighted by Gasteiger charge is -2.13. The minimum Gasteiger partial charge on any atom is -0.741 e. The van der Waals surface area contributed by atoms with E-state index < -0.39 is 15.6 Å². The van der Waals surface area contributed by atoms with Gasteiger partial charge in [0.1, 0.15) is 0 Å². The van der Waals surface area contributed by atoms with Crippen molar-refractivity contribution in [1.82, 2.24) is 0 Å². The van der Waals surface area contributed by atoms with Crippen LogP contribution in [0.25, 0.3) is 39.3 Å². The molecule has 264 valence electrons. The normalized spacial score (nSPS) is 11.5. The van der Waals surface area contributed by atoms with Gasteiger partial charge >= 0.3 is 5.51 Å². The zero-order valence-electron chi connectivity index (χ0n) is 28.6. The van der Waals surface area contributed by atoms with Gasteiger partial charge in [0.2, 0.25) is 17.1 Å². The summed E-state index contributed by atoms with van der Waals surface area (Å²) in [7, 11) is -6.09. The Morgan fingerprint density at radius 1 is 0.540 bits per heavy atom. The Morgan fingerprint density at radius 3 is 1.32 bits per heavy atom. The number of halogens is 3. The molecule has 4 aromatic carbocycles. The van der Waals surface area contributed by atoms with Crippen LogP contribution in [0.2, 0.25) is 0 Å². The van der Waals surface area contributed by atoms with Gasteiger partial charge in [0, 0.05) is 35.4 Å². The molecule has 0 aliphatic carbocycles. The molecule has 0 unspecified atom stereocenters. The SMILES string of the molecule is CCCCCCCCCCCCc1ccc(-[n+]2c(-c3ccccc3)cc(-c3ccccc3)cc2-c2ccccc2)cc1.O=S(=O)([O-])C(F)(F)F. The molecule has 5 aromatic rings. The molecule has 0 radical (unpaired) electrons. The van der Waals surface area contributed by atoms with Crippen LogP contribution >= 0.6 is 0 Å². The molecule has 0 fully saturated rings. The zero-order chi connectivity index (χ0) is 35.8. The highest BCUT2D eigenvalue weighted by Gasteiger charge is 2.37. The van der Waals surface area contributed by atoms with Gasteiger partial charge in [-0.2, -0.15) is 17.7 Å². The van der Waals surface area contributed by atoms with Gasteiger partial charge in [-0.05, 0) is 53.8 Å². The van der Waals surface area contributed by atoms with E-state index in [0.717, 1.165) is 6.42 Å². The summed E-state index contributed by atoms with van der Waals surface area (Å²) in [5.74, 6) is 0. The molecule has 1 heterocycles. The van der Waals surface area contributed by atoms with E-state index in [1.807, 2.05) is 0 Å². The Balaban J connectivity index is 0.000000627. The molecule has 0 bridgehead atoms. The van der Waals surface area contributed by atoms with E-state index >= 15 is 0 Å². The number of nitrogens with zero attached hydrogens (tertiary/aromatic N) is 1. The Labute approximate surface area is 295 Å². The van der Waals surface area contributed by atoms with Gasteiger partial charge in [-0.15, -0.1) is 0 Å². The Kier molecular flexibility index (Phi) is 14.8. The summed E-state index contributed by atoms with van der Waals surface area (Å²) in [5, 5.41) is 0. The van der Waals surface area contributed by atoms with Crippen molar-refractivity contribution < 1.29 is 30.7 Å². The quantitative estimate of drug-likeness (QED) is 0.0472. The van der Waals surface area contributed by atoms with E-state index in [1.165, 1.54) is 109 Å². The third kappa shape index (κ3) is 11.7. The van der Waals surface area contributed by atoms with E-state index in [9.17, 15) is 13.2 Å². The van der Waals surface area contributed by atoms with Gasteiger partial charge in [0.25, 0.3) is 0 Å². The Bertz CT molecular complexity index is 1770. The van der Waals surface area contributed by atoms with Crippen molar-refractivity contribution in [2.45, 2.75) is 83.1 Å². The van der Waals surface area contributed by atoms with Crippen molar-refractivity contribution in [1.29, 1.82) is 0 Å². The maximum Gasteiger partial charge on any atom is 0.485 e. The Morgan fingerprint density at radius 2 is 0.920 bits per heavy atom. The summed E-state index contributed by atoms with van der Waals surface area (Å²) in [6, 6.07) is 46.3. The first-order chi connectivity index (χ1) is 24.1. The lowest BCUT2D eigenvalue weighted by molar-refractivity contribution is -0.572. The molecule has 0 N–H and O–H groups in total. The first kappa shape index (κ1) is 38.5. The number of unbranched alkanes of at least 4 members (excludes halogenated alkanes) is 9. The van der Waals surface area contributed by atoms with Crippen LogP contribution < -0.4 is 4.57 Å². The van der Waals surface area contributed by atoms with Gasteiger partial charge in [0.05, 0.1) is 0 Å². The fourth-order valence-corrected chi connectivity index (χ4v) is 5.94. The van der Waals surface area contributed by atoms with Crippen molar-refractivity contribution in [3.05, 3.63) is 133 Å². The molecule has 0 amide bonds. The smallest absolute Gasteiger partial charge is 0.485 e. The fraction of sp³-hybridized carbons (Fsp3) is 0.310. The molecular weight excluding hydrogens is 656 g/mol. The number of aryl methyl sites for hydroxylation is 1. The average Bonchev–Trinajstić information content (AvgIpc) is 3.13. The first-order valence-corrected chi connectivity index (χ1v) is 18.9. The molecule has 0 saturated carbocycles. The largest absolute Gasteiger partial charge is 0.741 e. The van der Waals surface area contributed by atoms with E-state index in [0.29, 0.717) is 0 Å². The third-order valence-electron chi connectivity index (χ3n) is 8.61. The van der Waals surface area contributed by atoms with Crippen molar-refractivity contribution in [2.75, 3.05) is 0 Å². The van der Waals surface area contributed by atoms with Gasteiger partial charge in [-0.3, -0.25) is 0 Å². The maximum absolute atomic E-state index is 10.7. The van der Waals surface area contributed by atoms with E-state index in [1.54, 1.807) is 0 Å². The zero-order valence-corrected chi connectivity index (χ0v) is 29.4. The van der Waals surface area contributed by atoms with Crippen molar-refractivity contribution >= 4 is 10.1 Å². The standard InChI is InChI=1S/C41H46N.CHF3O3S/c1-2-3-4-5-6-7-8-9-10-14-21-34-28-30-39(31-29-34)42-40(36-24-17-12-18-25-36)32-38(35-22-15-11-16-23-35)33-41(42)37-26-19-13-20-27-37;2-1(3,4)8(5,6)7/h11-13,15-20,22-33H,2-10,14,21H2,1H3;(H,5,6,7)/q+1;/p-1. The fourth-order valence-electron chi connectivity index (χ4n) is 5.94. The second kappa shape index (κ2) is 19.2. The predicted octanol–water partition coefficient (Wildman–Crippen LogP) is 11.5. The highest BCUT2D eigenvalue weighted by molar-refractivity contribution is 7.86. The first-order valence-electron chi connectivity index (χ1n) is 17.5. The van der Waals surface area contributed by atoms with Gasteiger partial charge in [-0.1, -0.05) is 144 Å². The monoisotopic (exact) mass is 701 g/mol. The Hall–Kier alpha value is -4.27. The van der Waals surface area contributed by atoms with Crippen LogP contribution in [0.1, 0.15) is 76.7 Å². The molecule has 0 atom stereocenters. The summed E-state index contributed by atoms with van der Waals surface area (Å²) >= 11 is 0. The topological polar surface area (TPSA) is 61.1 Å². The maximum atomic E-state index is 10.7. The molecule has 0 aliphatic heterocycles. The molecular formula is C42H46F3NO3S. The third-order valence-corrected chi connectivity index (χ3v) is 9.18. The molecule has 4 nitrogen and oxygen atoms in total. The molecule has 8 heteroatoms. The second-order valence-corrected chi connectivity index (χ2v) is 13.8. The lowest BCUT2D eigenvalue weighted by Crippen LogP contribution is -2.36. The molecule has 5 rings (SSSR count). The van der Waals surface area contributed by atoms with Crippen LogP contribution in [-0.2, 0) is 16.5 Å². The van der Waals surface area contributed by atoms with Gasteiger partial charge in [0.15, 0.2) is 10.1 Å². The number of rotatable bonds is 15. The van der Waals surface area contributed by atoms with E-state index in [4.69, 9.17) is 13.0 Å². The van der Waals surface area contributed by atoms with Crippen molar-refractivity contribution in [2.24, 2.45) is 0 Å². The number of hydrogen-bond donors (Lipinski definition) is 0. The highest BCUT2D eigenvalue weighted by Crippen LogP contribution is 2.30. The highest BCUT2D eigenvalue weighted by atomic mass is 32.2. The summed E-state index contributed by atoms with van der Waals surface area (Å²) in [5.41, 5.74) is 4.24. The lowest BCUT2D eigenvalue weighted by atomic mass is 9.98. The minimum atomic E-state index is -6.09. The second-order valence-electron chi connectivity index (χ2n) is 12.4. The molecule has 0 saturated heterocycles. The van der Waals surface area contributed by atoms with Crippen LogP contribution in [-0.4, -0.2) is 18.5 Å². The van der Waals surface area contributed by atoms with Gasteiger partial charge in [-0.25, -0.2) is 8.42 Å². The van der Waals surface area contributed by atoms with Crippen LogP contribution in [0.5, 0.6) is 0 Å². The van der Waals surface area contributed by atoms with Crippen LogP contribution in [0.15, 0.2) is 127 Å². The summed E-state index contributed by atoms with van der Waals surface area (Å²) < 4.78 is 61.3. The van der Waals surface area contributed by atoms with E-state index in [2.05, 4.69) is 139 Å². The van der Waals surface area contributed by atoms with Crippen LogP contribution in [0, 0.1) is 0 Å². The number of hydrogen-bond acceptors (Lipinski definition) is 3. The summed E-state index contributed by atoms with van der Waals surface area (Å²) in [6.45, 7) is 2.29. The number of pyridine rings is 1. The van der Waals surface area contributed by atoms with Crippen molar-refractivity contribution in [3.63, 3.8) is 0 Å². The number of aromatic nitrogens is 1.